The predicted octanol–water partition coefficient (Wildman–Crippen LogP) is 1.62. The Labute approximate surface area is 101 Å². The number of hydrogen-bond donors (Lipinski definition) is 2. The fraction of sp³-hybridized carbons (Fsp3) is 0.0833. The second-order valence-corrected chi connectivity index (χ2v) is 3.72. The van der Waals surface area contributed by atoms with Crippen molar-refractivity contribution in [2.45, 2.75) is 6.04 Å². The number of dihydropyridines is 1. The van der Waals surface area contributed by atoms with Crippen LogP contribution in [-0.4, -0.2) is 12.3 Å². The molecule has 1 aromatic carbocycles. The molecule has 6 heteroatoms. The lowest BCUT2D eigenvalue weighted by molar-refractivity contribution is -0.108. The molecule has 0 aromatic heterocycles. The van der Waals surface area contributed by atoms with Crippen LogP contribution in [0.3, 0.4) is 0 Å². The summed E-state index contributed by atoms with van der Waals surface area (Å²) in [7, 11) is 0. The van der Waals surface area contributed by atoms with E-state index in [1.54, 1.807) is 0 Å². The summed E-state index contributed by atoms with van der Waals surface area (Å²) in [5.41, 5.74) is 4.38. The molecule has 94 valence electrons. The number of rotatable bonds is 2. The van der Waals surface area contributed by atoms with E-state index in [0.717, 1.165) is 24.3 Å². The van der Waals surface area contributed by atoms with Gasteiger partial charge in [0.2, 0.25) is 0 Å². The molecule has 0 saturated carbocycles. The molecule has 1 atom stereocenters. The first-order chi connectivity index (χ1) is 8.54. The highest BCUT2D eigenvalue weighted by Gasteiger charge is 2.25. The average molecular weight is 254 g/mol. The number of halogens is 3. The van der Waals surface area contributed by atoms with Crippen molar-refractivity contribution in [3.63, 3.8) is 0 Å². The van der Waals surface area contributed by atoms with Crippen LogP contribution >= 0.6 is 0 Å². The maximum Gasteiger partial charge on any atom is 0.148 e. The van der Waals surface area contributed by atoms with Gasteiger partial charge < -0.3 is 15.8 Å². The molecule has 0 bridgehead atoms. The van der Waals surface area contributed by atoms with Crippen LogP contribution in [0.2, 0.25) is 0 Å². The molecule has 0 aliphatic carbocycles. The molecule has 3 N–H and O–H groups in total. The Bertz CT molecular complexity index is 546. The molecule has 0 fully saturated rings. The van der Waals surface area contributed by atoms with Gasteiger partial charge in [0.25, 0.3) is 0 Å². The van der Waals surface area contributed by atoms with E-state index >= 15 is 0 Å². The summed E-state index contributed by atoms with van der Waals surface area (Å²) in [6.07, 6.45) is 1.30. The van der Waals surface area contributed by atoms with Gasteiger partial charge in [-0.1, -0.05) is 6.07 Å². The molecular formula is C12H9F3N2O. The Morgan fingerprint density at radius 2 is 1.83 bits per heavy atom. The lowest BCUT2D eigenvalue weighted by Crippen LogP contribution is -2.37. The van der Waals surface area contributed by atoms with Crippen LogP contribution in [0.4, 0.5) is 13.2 Å². The van der Waals surface area contributed by atoms with Crippen molar-refractivity contribution in [3.05, 3.63) is 53.0 Å². The monoisotopic (exact) mass is 254 g/mol. The lowest BCUT2D eigenvalue weighted by Gasteiger charge is -2.22. The normalized spacial score (nSPS) is 19.3. The van der Waals surface area contributed by atoms with Gasteiger partial charge in [-0.15, -0.1) is 0 Å². The minimum absolute atomic E-state index is 0.0528. The Morgan fingerprint density at radius 1 is 1.22 bits per heavy atom. The first kappa shape index (κ1) is 12.2. The SMILES string of the molecule is NC1=CC(F)=C(c2c(F)cccc2F)NC1C=O. The van der Waals surface area contributed by atoms with Crippen molar-refractivity contribution in [3.8, 4) is 0 Å². The van der Waals surface area contributed by atoms with Gasteiger partial charge in [-0.3, -0.25) is 0 Å². The molecule has 0 radical (unpaired) electrons. The first-order valence-corrected chi connectivity index (χ1v) is 5.07. The van der Waals surface area contributed by atoms with Crippen LogP contribution in [-0.2, 0) is 4.79 Å². The number of aldehydes is 1. The molecule has 0 spiro atoms. The zero-order valence-corrected chi connectivity index (χ0v) is 9.08. The molecule has 18 heavy (non-hydrogen) atoms. The summed E-state index contributed by atoms with van der Waals surface area (Å²) < 4.78 is 40.7. The van der Waals surface area contributed by atoms with E-state index in [1.807, 2.05) is 0 Å². The molecule has 1 heterocycles. The summed E-state index contributed by atoms with van der Waals surface area (Å²) in [5.74, 6) is -2.77. The number of carbonyl (C=O) groups excluding carboxylic acids is 1. The molecular weight excluding hydrogens is 245 g/mol. The van der Waals surface area contributed by atoms with Gasteiger partial charge in [0.05, 0.1) is 11.3 Å². The first-order valence-electron chi connectivity index (χ1n) is 5.07. The second-order valence-electron chi connectivity index (χ2n) is 3.72. The number of carbonyl (C=O) groups is 1. The van der Waals surface area contributed by atoms with Gasteiger partial charge >= 0.3 is 0 Å². The number of hydrogen-bond acceptors (Lipinski definition) is 3. The zero-order chi connectivity index (χ0) is 13.3. The smallest absolute Gasteiger partial charge is 0.148 e. The Balaban J connectivity index is 2.57. The molecule has 1 aliphatic heterocycles. The van der Waals surface area contributed by atoms with E-state index in [0.29, 0.717) is 6.29 Å². The van der Waals surface area contributed by atoms with Gasteiger partial charge in [0.1, 0.15) is 29.8 Å². The van der Waals surface area contributed by atoms with Gasteiger partial charge in [-0.05, 0) is 18.2 Å². The third kappa shape index (κ3) is 1.97. The minimum atomic E-state index is -1.00. The third-order valence-corrected chi connectivity index (χ3v) is 2.54. The summed E-state index contributed by atoms with van der Waals surface area (Å²) in [6, 6.07) is 2.16. The number of allylic oxidation sites excluding steroid dienone is 2. The minimum Gasteiger partial charge on any atom is -0.400 e. The molecule has 0 saturated heterocycles. The largest absolute Gasteiger partial charge is 0.400 e. The van der Waals surface area contributed by atoms with Crippen molar-refractivity contribution < 1.29 is 18.0 Å². The Morgan fingerprint density at radius 3 is 2.39 bits per heavy atom. The second kappa shape index (κ2) is 4.56. The van der Waals surface area contributed by atoms with Crippen LogP contribution in [0.25, 0.3) is 5.70 Å². The molecule has 0 amide bonds. The maximum absolute atomic E-state index is 13.7. The van der Waals surface area contributed by atoms with Gasteiger partial charge in [-0.25, -0.2) is 13.2 Å². The quantitative estimate of drug-likeness (QED) is 0.788. The number of benzene rings is 1. The summed E-state index contributed by atoms with van der Waals surface area (Å²) in [4.78, 5) is 10.7. The van der Waals surface area contributed by atoms with Crippen LogP contribution in [0.15, 0.2) is 35.8 Å². The number of nitrogens with one attached hydrogen (secondary N) is 1. The highest BCUT2D eigenvalue weighted by Crippen LogP contribution is 2.27. The topological polar surface area (TPSA) is 55.1 Å². The molecule has 3 nitrogen and oxygen atoms in total. The van der Waals surface area contributed by atoms with E-state index < -0.39 is 34.8 Å². The summed E-state index contributed by atoms with van der Waals surface area (Å²) in [6.45, 7) is 0. The number of nitrogens with two attached hydrogens (primary N) is 1. The Kier molecular flexibility index (Phi) is 3.10. The summed E-state index contributed by atoms with van der Waals surface area (Å²) in [5, 5.41) is 2.36. The van der Waals surface area contributed by atoms with Crippen LogP contribution in [0.5, 0.6) is 0 Å². The molecule has 1 aromatic rings. The maximum atomic E-state index is 13.7. The Hall–Kier alpha value is -2.24. The fourth-order valence-corrected chi connectivity index (χ4v) is 1.66. The van der Waals surface area contributed by atoms with Gasteiger partial charge in [0.15, 0.2) is 0 Å². The van der Waals surface area contributed by atoms with Crippen molar-refractivity contribution in [2.75, 3.05) is 0 Å². The van der Waals surface area contributed by atoms with E-state index in [1.165, 1.54) is 0 Å². The van der Waals surface area contributed by atoms with Crippen molar-refractivity contribution in [2.24, 2.45) is 5.73 Å². The van der Waals surface area contributed by atoms with Crippen molar-refractivity contribution >= 4 is 12.0 Å². The van der Waals surface area contributed by atoms with Gasteiger partial charge in [-0.2, -0.15) is 0 Å². The highest BCUT2D eigenvalue weighted by atomic mass is 19.1. The van der Waals surface area contributed by atoms with E-state index in [-0.39, 0.29) is 5.70 Å². The molecule has 2 rings (SSSR count). The summed E-state index contributed by atoms with van der Waals surface area (Å²) >= 11 is 0. The molecule has 1 aliphatic rings. The molecule has 1 unspecified atom stereocenters. The van der Waals surface area contributed by atoms with Crippen molar-refractivity contribution in [1.29, 1.82) is 0 Å². The predicted molar refractivity (Wildman–Crippen MR) is 59.6 cm³/mol. The standard InChI is InChI=1S/C12H9F3N2O/c13-6-2-1-3-7(14)11(6)12-8(15)4-9(16)10(5-18)17-12/h1-5,10,17H,16H2. The zero-order valence-electron chi connectivity index (χ0n) is 9.08. The van der Waals surface area contributed by atoms with Crippen LogP contribution in [0, 0.1) is 11.6 Å². The van der Waals surface area contributed by atoms with E-state index in [9.17, 15) is 18.0 Å². The highest BCUT2D eigenvalue weighted by molar-refractivity contribution is 5.77. The van der Waals surface area contributed by atoms with Crippen LogP contribution < -0.4 is 11.1 Å². The lowest BCUT2D eigenvalue weighted by atomic mass is 10.0. The van der Waals surface area contributed by atoms with Crippen LogP contribution in [0.1, 0.15) is 5.56 Å². The van der Waals surface area contributed by atoms with E-state index in [2.05, 4.69) is 5.32 Å². The van der Waals surface area contributed by atoms with Gasteiger partial charge in [0, 0.05) is 5.70 Å². The fourth-order valence-electron chi connectivity index (χ4n) is 1.66. The van der Waals surface area contributed by atoms with Crippen molar-refractivity contribution in [1.82, 2.24) is 5.32 Å². The van der Waals surface area contributed by atoms with E-state index in [4.69, 9.17) is 5.73 Å². The third-order valence-electron chi connectivity index (χ3n) is 2.54. The average Bonchev–Trinajstić information content (AvgIpc) is 2.31.